The molecule has 0 atom stereocenters. The molecular formula is C22H32N4O4. The lowest BCUT2D eigenvalue weighted by atomic mass is 9.89. The summed E-state index contributed by atoms with van der Waals surface area (Å²) in [4.78, 5) is 14.8. The molecule has 1 aromatic carbocycles. The number of nitrogens with one attached hydrogen (secondary N) is 2. The fourth-order valence-electron chi connectivity index (χ4n) is 3.90. The van der Waals surface area contributed by atoms with E-state index in [1.165, 1.54) is 19.3 Å². The molecular weight excluding hydrogens is 384 g/mol. The highest BCUT2D eigenvalue weighted by Gasteiger charge is 2.22. The molecule has 0 saturated heterocycles. The number of ether oxygens (including phenoxy) is 1. The van der Waals surface area contributed by atoms with E-state index in [1.807, 2.05) is 12.1 Å². The van der Waals surface area contributed by atoms with Gasteiger partial charge in [-0.25, -0.2) is 4.79 Å². The van der Waals surface area contributed by atoms with Crippen molar-refractivity contribution < 1.29 is 19.7 Å². The van der Waals surface area contributed by atoms with Crippen LogP contribution in [0.2, 0.25) is 0 Å². The number of aliphatic hydroxyl groups excluding tert-OH is 2. The van der Waals surface area contributed by atoms with Crippen molar-refractivity contribution in [2.75, 3.05) is 38.2 Å². The summed E-state index contributed by atoms with van der Waals surface area (Å²) < 4.78 is 5.68. The van der Waals surface area contributed by atoms with E-state index in [-0.39, 0.29) is 25.9 Å². The lowest BCUT2D eigenvalue weighted by Crippen LogP contribution is -2.40. The van der Waals surface area contributed by atoms with Gasteiger partial charge < -0.3 is 25.2 Å². The minimum atomic E-state index is -0.195. The number of rotatable bonds is 10. The molecule has 1 heterocycles. The van der Waals surface area contributed by atoms with Crippen LogP contribution in [0, 0.1) is 5.92 Å². The minimum absolute atomic E-state index is 0.0543. The molecule has 8 heteroatoms. The van der Waals surface area contributed by atoms with Crippen molar-refractivity contribution in [2.45, 2.75) is 38.5 Å². The first-order valence-corrected chi connectivity index (χ1v) is 10.7. The van der Waals surface area contributed by atoms with Crippen LogP contribution in [0.4, 0.5) is 10.5 Å². The van der Waals surface area contributed by atoms with E-state index in [2.05, 4.69) is 15.5 Å². The Labute approximate surface area is 177 Å². The molecule has 0 bridgehead atoms. The van der Waals surface area contributed by atoms with Gasteiger partial charge in [-0.15, -0.1) is 0 Å². The smallest absolute Gasteiger partial charge is 0.321 e. The van der Waals surface area contributed by atoms with Gasteiger partial charge in [-0.3, -0.25) is 5.10 Å². The number of urea groups is 1. The quantitative estimate of drug-likeness (QED) is 0.475. The molecule has 3 rings (SSSR count). The van der Waals surface area contributed by atoms with Gasteiger partial charge in [0.05, 0.1) is 18.5 Å². The maximum absolute atomic E-state index is 13.0. The van der Waals surface area contributed by atoms with Gasteiger partial charge >= 0.3 is 6.03 Å². The van der Waals surface area contributed by atoms with Crippen LogP contribution < -0.4 is 10.1 Å². The molecule has 2 aromatic rings. The number of H-pyrrole nitrogens is 1. The highest BCUT2D eigenvalue weighted by molar-refractivity contribution is 5.91. The molecule has 0 aliphatic heterocycles. The number of nitrogens with zero attached hydrogens (tertiary/aromatic N) is 2. The molecule has 8 nitrogen and oxygen atoms in total. The summed E-state index contributed by atoms with van der Waals surface area (Å²) in [6.45, 7) is 1.28. The van der Waals surface area contributed by atoms with Crippen LogP contribution in [0.3, 0.4) is 0 Å². The number of aliphatic hydroxyl groups is 2. The Morgan fingerprint density at radius 1 is 1.20 bits per heavy atom. The number of carbonyl (C=O) groups is 1. The molecule has 0 unspecified atom stereocenters. The third-order valence-corrected chi connectivity index (χ3v) is 5.48. The van der Waals surface area contributed by atoms with Crippen LogP contribution in [-0.4, -0.2) is 64.3 Å². The van der Waals surface area contributed by atoms with Crippen molar-refractivity contribution in [1.29, 1.82) is 0 Å². The number of amides is 2. The van der Waals surface area contributed by atoms with Gasteiger partial charge in [0.25, 0.3) is 0 Å². The van der Waals surface area contributed by atoms with Gasteiger partial charge in [0.15, 0.2) is 0 Å². The largest absolute Gasteiger partial charge is 0.489 e. The van der Waals surface area contributed by atoms with Gasteiger partial charge in [0, 0.05) is 31.5 Å². The number of hydrogen-bond acceptors (Lipinski definition) is 5. The zero-order valence-corrected chi connectivity index (χ0v) is 17.3. The molecule has 4 N–H and O–H groups in total. The highest BCUT2D eigenvalue weighted by atomic mass is 16.5. The molecule has 1 saturated carbocycles. The van der Waals surface area contributed by atoms with E-state index in [0.29, 0.717) is 36.9 Å². The monoisotopic (exact) mass is 416 g/mol. The van der Waals surface area contributed by atoms with E-state index >= 15 is 0 Å². The summed E-state index contributed by atoms with van der Waals surface area (Å²) in [6.07, 6.45) is 10.0. The molecule has 30 heavy (non-hydrogen) atoms. The van der Waals surface area contributed by atoms with Crippen molar-refractivity contribution in [3.8, 4) is 16.9 Å². The number of aromatic amines is 1. The first-order chi connectivity index (χ1) is 14.7. The predicted octanol–water partition coefficient (Wildman–Crippen LogP) is 3.24. The number of hydrogen-bond donors (Lipinski definition) is 4. The standard InChI is InChI=1S/C22H32N4O4/c27-10-4-9-26(16-17-5-2-1-3-6-17)22(29)25-20-8-7-18(19-14-23-24-15-19)13-21(20)30-12-11-28/h7-8,13-15,17,27-28H,1-6,9-12,16H2,(H,23,24)(H,25,29). The lowest BCUT2D eigenvalue weighted by molar-refractivity contribution is 0.180. The second-order valence-corrected chi connectivity index (χ2v) is 7.73. The molecule has 1 fully saturated rings. The Morgan fingerprint density at radius 3 is 2.73 bits per heavy atom. The fourth-order valence-corrected chi connectivity index (χ4v) is 3.90. The van der Waals surface area contributed by atoms with Gasteiger partial charge in [0.1, 0.15) is 12.4 Å². The SMILES string of the molecule is O=C(Nc1ccc(-c2cn[nH]c2)cc1OCCO)N(CCCO)CC1CCCCC1. The van der Waals surface area contributed by atoms with Gasteiger partial charge in [0.2, 0.25) is 0 Å². The average Bonchev–Trinajstić information content (AvgIpc) is 3.31. The lowest BCUT2D eigenvalue weighted by Gasteiger charge is -2.30. The first kappa shape index (κ1) is 22.1. The van der Waals surface area contributed by atoms with Gasteiger partial charge in [-0.05, 0) is 42.9 Å². The van der Waals surface area contributed by atoms with Crippen LogP contribution in [0.25, 0.3) is 11.1 Å². The minimum Gasteiger partial charge on any atom is -0.489 e. The topological polar surface area (TPSA) is 111 Å². The van der Waals surface area contributed by atoms with Crippen LogP contribution >= 0.6 is 0 Å². The maximum Gasteiger partial charge on any atom is 0.321 e. The van der Waals surface area contributed by atoms with Crippen LogP contribution in [0.5, 0.6) is 5.75 Å². The normalized spacial score (nSPS) is 14.5. The summed E-state index contributed by atoms with van der Waals surface area (Å²) in [5.41, 5.74) is 2.36. The second-order valence-electron chi connectivity index (χ2n) is 7.73. The van der Waals surface area contributed by atoms with Crippen LogP contribution in [-0.2, 0) is 0 Å². The van der Waals surface area contributed by atoms with E-state index in [1.54, 1.807) is 23.4 Å². The molecule has 0 radical (unpaired) electrons. The maximum atomic E-state index is 13.0. The molecule has 1 aromatic heterocycles. The Kier molecular flexibility index (Phi) is 8.53. The Bertz CT molecular complexity index is 775. The Balaban J connectivity index is 1.74. The molecule has 2 amide bonds. The number of anilines is 1. The molecule has 1 aliphatic carbocycles. The highest BCUT2D eigenvalue weighted by Crippen LogP contribution is 2.31. The fraction of sp³-hybridized carbons (Fsp3) is 0.545. The zero-order chi connectivity index (χ0) is 21.2. The van der Waals surface area contributed by atoms with Gasteiger partial charge in [-0.2, -0.15) is 5.10 Å². The Morgan fingerprint density at radius 2 is 2.03 bits per heavy atom. The molecule has 1 aliphatic rings. The summed E-state index contributed by atoms with van der Waals surface area (Å²) in [5.74, 6) is 1.01. The first-order valence-electron chi connectivity index (χ1n) is 10.7. The van der Waals surface area contributed by atoms with Crippen molar-refractivity contribution in [1.82, 2.24) is 15.1 Å². The van der Waals surface area contributed by atoms with E-state index in [0.717, 1.165) is 24.0 Å². The van der Waals surface area contributed by atoms with Crippen LogP contribution in [0.15, 0.2) is 30.6 Å². The average molecular weight is 417 g/mol. The molecule has 164 valence electrons. The van der Waals surface area contributed by atoms with Crippen molar-refractivity contribution >= 4 is 11.7 Å². The van der Waals surface area contributed by atoms with Crippen molar-refractivity contribution in [3.05, 3.63) is 30.6 Å². The summed E-state index contributed by atoms with van der Waals surface area (Å²) >= 11 is 0. The zero-order valence-electron chi connectivity index (χ0n) is 17.3. The summed E-state index contributed by atoms with van der Waals surface area (Å²) in [5, 5.41) is 28.1. The van der Waals surface area contributed by atoms with Crippen LogP contribution in [0.1, 0.15) is 38.5 Å². The van der Waals surface area contributed by atoms with Crippen molar-refractivity contribution in [3.63, 3.8) is 0 Å². The predicted molar refractivity (Wildman–Crippen MR) is 115 cm³/mol. The summed E-state index contributed by atoms with van der Waals surface area (Å²) in [7, 11) is 0. The second kappa shape index (κ2) is 11.6. The third-order valence-electron chi connectivity index (χ3n) is 5.48. The number of benzene rings is 1. The van der Waals surface area contributed by atoms with Crippen molar-refractivity contribution in [2.24, 2.45) is 5.92 Å². The third kappa shape index (κ3) is 6.21. The van der Waals surface area contributed by atoms with E-state index in [9.17, 15) is 9.90 Å². The Hall–Kier alpha value is -2.58. The van der Waals surface area contributed by atoms with Gasteiger partial charge in [-0.1, -0.05) is 25.3 Å². The van der Waals surface area contributed by atoms with E-state index < -0.39 is 0 Å². The molecule has 0 spiro atoms. The number of aromatic nitrogens is 2. The van der Waals surface area contributed by atoms with E-state index in [4.69, 9.17) is 9.84 Å². The summed E-state index contributed by atoms with van der Waals surface area (Å²) in [6, 6.07) is 5.33. The number of carbonyl (C=O) groups excluding carboxylic acids is 1.